The molecule has 0 radical (unpaired) electrons. The van der Waals surface area contributed by atoms with Crippen LogP contribution in [0.15, 0.2) is 18.2 Å². The maximum absolute atomic E-state index is 12.8. The summed E-state index contributed by atoms with van der Waals surface area (Å²) >= 11 is 1.31. The molecule has 1 atom stereocenters. The molecule has 26 heavy (non-hydrogen) atoms. The van der Waals surface area contributed by atoms with Crippen LogP contribution < -0.4 is 10.2 Å². The second-order valence-corrected chi connectivity index (χ2v) is 8.04. The summed E-state index contributed by atoms with van der Waals surface area (Å²) in [6.07, 6.45) is 2.80. The molecule has 1 aromatic carbocycles. The average molecular weight is 372 g/mol. The van der Waals surface area contributed by atoms with Crippen molar-refractivity contribution in [3.63, 3.8) is 0 Å². The number of aromatic nitrogens is 1. The number of nitrogens with one attached hydrogen (secondary N) is 1. The van der Waals surface area contributed by atoms with Crippen molar-refractivity contribution in [2.45, 2.75) is 32.2 Å². The number of anilines is 1. The van der Waals surface area contributed by atoms with Gasteiger partial charge in [0.15, 0.2) is 0 Å². The zero-order valence-corrected chi connectivity index (χ0v) is 16.0. The minimum absolute atomic E-state index is 0.0641. The molecule has 3 saturated heterocycles. The fourth-order valence-corrected chi connectivity index (χ4v) is 4.85. The van der Waals surface area contributed by atoms with Crippen LogP contribution in [0.5, 0.6) is 0 Å². The number of carbonyl (C=O) groups is 2. The van der Waals surface area contributed by atoms with Crippen LogP contribution in [0.1, 0.15) is 36.7 Å². The molecule has 4 heterocycles. The SMILES string of the molecule is CCC(=O)N(C)c1ccc2c(C(=O)N[C@@H]3CN4CCC3CC4)nsc2c1. The number of fused-ring (bicyclic) bond motifs is 4. The lowest BCUT2D eigenvalue weighted by Gasteiger charge is -2.44. The van der Waals surface area contributed by atoms with Crippen LogP contribution in [-0.2, 0) is 4.79 Å². The topological polar surface area (TPSA) is 65.5 Å². The lowest BCUT2D eigenvalue weighted by atomic mass is 9.84. The molecule has 138 valence electrons. The van der Waals surface area contributed by atoms with Crippen LogP contribution in [-0.4, -0.2) is 53.8 Å². The zero-order valence-electron chi connectivity index (χ0n) is 15.2. The predicted molar refractivity (Wildman–Crippen MR) is 104 cm³/mol. The third-order valence-corrected chi connectivity index (χ3v) is 6.52. The molecule has 2 aromatic rings. The van der Waals surface area contributed by atoms with Crippen LogP contribution in [0, 0.1) is 5.92 Å². The molecule has 5 rings (SSSR count). The van der Waals surface area contributed by atoms with Gasteiger partial charge in [-0.2, -0.15) is 4.37 Å². The van der Waals surface area contributed by atoms with Crippen LogP contribution in [0.25, 0.3) is 10.1 Å². The van der Waals surface area contributed by atoms with Gasteiger partial charge in [0.2, 0.25) is 5.91 Å². The summed E-state index contributed by atoms with van der Waals surface area (Å²) in [5.41, 5.74) is 1.33. The van der Waals surface area contributed by atoms with Crippen LogP contribution >= 0.6 is 11.5 Å². The fourth-order valence-electron chi connectivity index (χ4n) is 4.05. The summed E-state index contributed by atoms with van der Waals surface area (Å²) in [5, 5.41) is 4.06. The normalized spacial score (nSPS) is 24.6. The van der Waals surface area contributed by atoms with Gasteiger partial charge in [0.25, 0.3) is 5.91 Å². The summed E-state index contributed by atoms with van der Waals surface area (Å²) in [7, 11) is 1.77. The highest BCUT2D eigenvalue weighted by Crippen LogP contribution is 2.30. The van der Waals surface area contributed by atoms with Crippen LogP contribution in [0.2, 0.25) is 0 Å². The highest BCUT2D eigenvalue weighted by Gasteiger charge is 2.35. The molecule has 3 aliphatic heterocycles. The Labute approximate surface area is 157 Å². The van der Waals surface area contributed by atoms with Gasteiger partial charge in [-0.15, -0.1) is 0 Å². The van der Waals surface area contributed by atoms with E-state index >= 15 is 0 Å². The maximum atomic E-state index is 12.8. The number of benzene rings is 1. The minimum atomic E-state index is -0.0826. The van der Waals surface area contributed by atoms with Gasteiger partial charge < -0.3 is 15.1 Å². The van der Waals surface area contributed by atoms with Crippen molar-refractivity contribution in [3.8, 4) is 0 Å². The van der Waals surface area contributed by atoms with Crippen molar-refractivity contribution in [2.24, 2.45) is 5.92 Å². The first-order valence-electron chi connectivity index (χ1n) is 9.26. The van der Waals surface area contributed by atoms with Gasteiger partial charge in [-0.05, 0) is 61.6 Å². The largest absolute Gasteiger partial charge is 0.346 e. The molecule has 6 nitrogen and oxygen atoms in total. The Morgan fingerprint density at radius 2 is 2.12 bits per heavy atom. The van der Waals surface area contributed by atoms with E-state index in [-0.39, 0.29) is 17.9 Å². The second-order valence-electron chi connectivity index (χ2n) is 7.24. The smallest absolute Gasteiger partial charge is 0.271 e. The van der Waals surface area contributed by atoms with Gasteiger partial charge >= 0.3 is 0 Å². The fraction of sp³-hybridized carbons (Fsp3) is 0.526. The molecule has 7 heteroatoms. The van der Waals surface area contributed by atoms with E-state index in [0.29, 0.717) is 18.0 Å². The van der Waals surface area contributed by atoms with Crippen molar-refractivity contribution in [3.05, 3.63) is 23.9 Å². The lowest BCUT2D eigenvalue weighted by Crippen LogP contribution is -2.57. The van der Waals surface area contributed by atoms with Gasteiger partial charge in [0, 0.05) is 37.1 Å². The van der Waals surface area contributed by atoms with Gasteiger partial charge in [-0.3, -0.25) is 9.59 Å². The molecule has 0 aliphatic carbocycles. The Balaban J connectivity index is 1.53. The summed E-state index contributed by atoms with van der Waals surface area (Å²) in [6, 6.07) is 5.95. The molecule has 0 spiro atoms. The first kappa shape index (κ1) is 17.4. The molecule has 3 aliphatic rings. The summed E-state index contributed by atoms with van der Waals surface area (Å²) in [5.74, 6) is 0.573. The number of rotatable bonds is 4. The highest BCUT2D eigenvalue weighted by atomic mass is 32.1. The Kier molecular flexibility index (Phi) is 4.67. The van der Waals surface area contributed by atoms with Crippen molar-refractivity contribution in [1.82, 2.24) is 14.6 Å². The van der Waals surface area contributed by atoms with Crippen molar-refractivity contribution >= 4 is 39.1 Å². The van der Waals surface area contributed by atoms with E-state index in [1.165, 1.54) is 24.4 Å². The zero-order chi connectivity index (χ0) is 18.3. The Bertz CT molecular complexity index is 841. The number of hydrogen-bond acceptors (Lipinski definition) is 5. The van der Waals surface area contributed by atoms with Crippen molar-refractivity contribution < 1.29 is 9.59 Å². The van der Waals surface area contributed by atoms with E-state index in [1.54, 1.807) is 11.9 Å². The van der Waals surface area contributed by atoms with Gasteiger partial charge in [0.05, 0.1) is 4.70 Å². The maximum Gasteiger partial charge on any atom is 0.271 e. The number of hydrogen-bond donors (Lipinski definition) is 1. The first-order chi connectivity index (χ1) is 12.6. The Hall–Kier alpha value is -1.99. The van der Waals surface area contributed by atoms with E-state index in [4.69, 9.17) is 0 Å². The molecular weight excluding hydrogens is 348 g/mol. The molecule has 1 aromatic heterocycles. The Morgan fingerprint density at radius 1 is 1.35 bits per heavy atom. The number of amides is 2. The quantitative estimate of drug-likeness (QED) is 0.896. The minimum Gasteiger partial charge on any atom is -0.346 e. The molecule has 0 unspecified atom stereocenters. The first-order valence-corrected chi connectivity index (χ1v) is 10.0. The third-order valence-electron chi connectivity index (χ3n) is 5.71. The number of nitrogens with zero attached hydrogens (tertiary/aromatic N) is 3. The average Bonchev–Trinajstić information content (AvgIpc) is 3.11. The summed E-state index contributed by atoms with van der Waals surface area (Å²) in [4.78, 5) is 28.8. The van der Waals surface area contributed by atoms with E-state index in [0.717, 1.165) is 35.4 Å². The standard InChI is InChI=1S/C19H24N4O2S/c1-3-17(24)22(2)13-4-5-14-16(10-13)26-21-18(14)19(25)20-15-11-23-8-6-12(15)7-9-23/h4-5,10,12,15H,3,6-9,11H2,1-2H3,(H,20,25)/t15-/m1/s1. The lowest BCUT2D eigenvalue weighted by molar-refractivity contribution is -0.118. The number of carbonyl (C=O) groups excluding carboxylic acids is 2. The summed E-state index contributed by atoms with van der Waals surface area (Å²) in [6.45, 7) is 5.11. The Morgan fingerprint density at radius 3 is 2.77 bits per heavy atom. The molecule has 3 fully saturated rings. The van der Waals surface area contributed by atoms with Crippen LogP contribution in [0.4, 0.5) is 5.69 Å². The third kappa shape index (κ3) is 3.10. The van der Waals surface area contributed by atoms with E-state index in [9.17, 15) is 9.59 Å². The van der Waals surface area contributed by atoms with Crippen LogP contribution in [0.3, 0.4) is 0 Å². The van der Waals surface area contributed by atoms with Crippen molar-refractivity contribution in [2.75, 3.05) is 31.6 Å². The monoisotopic (exact) mass is 372 g/mol. The second kappa shape index (κ2) is 6.96. The van der Waals surface area contributed by atoms with Crippen molar-refractivity contribution in [1.29, 1.82) is 0 Å². The predicted octanol–water partition coefficient (Wildman–Crippen LogP) is 2.49. The van der Waals surface area contributed by atoms with E-state index in [2.05, 4.69) is 14.6 Å². The molecule has 0 saturated carbocycles. The summed E-state index contributed by atoms with van der Waals surface area (Å²) < 4.78 is 5.33. The molecule has 2 amide bonds. The highest BCUT2D eigenvalue weighted by molar-refractivity contribution is 7.13. The molecular formula is C19H24N4O2S. The van der Waals surface area contributed by atoms with Gasteiger partial charge in [-0.25, -0.2) is 0 Å². The van der Waals surface area contributed by atoms with Gasteiger partial charge in [0.1, 0.15) is 5.69 Å². The molecule has 1 N–H and O–H groups in total. The number of piperidine rings is 3. The van der Waals surface area contributed by atoms with E-state index in [1.807, 2.05) is 25.1 Å². The molecule has 2 bridgehead atoms. The van der Waals surface area contributed by atoms with E-state index < -0.39 is 0 Å². The van der Waals surface area contributed by atoms with Gasteiger partial charge in [-0.1, -0.05) is 6.92 Å².